The largest absolute Gasteiger partial charge is 0.495 e. The lowest BCUT2D eigenvalue weighted by atomic mass is 10.2. The maximum absolute atomic E-state index is 12.8. The Bertz CT molecular complexity index is 661. The van der Waals surface area contributed by atoms with Crippen LogP contribution in [0.4, 0.5) is 0 Å². The second kappa shape index (κ2) is 9.22. The van der Waals surface area contributed by atoms with E-state index in [1.807, 2.05) is 0 Å². The summed E-state index contributed by atoms with van der Waals surface area (Å²) < 4.78 is 32.1. The van der Waals surface area contributed by atoms with Crippen LogP contribution >= 0.6 is 12.4 Å². The van der Waals surface area contributed by atoms with Crippen LogP contribution in [0, 0.1) is 0 Å². The van der Waals surface area contributed by atoms with Gasteiger partial charge in [-0.2, -0.15) is 4.31 Å². The second-order valence-electron chi connectivity index (χ2n) is 5.34. The summed E-state index contributed by atoms with van der Waals surface area (Å²) in [4.78, 5) is 12.2. The summed E-state index contributed by atoms with van der Waals surface area (Å²) in [6.45, 7) is 2.12. The normalized spacial score (nSPS) is 14.9. The summed E-state index contributed by atoms with van der Waals surface area (Å²) in [5, 5.41) is 5.66. The van der Waals surface area contributed by atoms with Crippen LogP contribution in [-0.2, 0) is 10.0 Å². The summed E-state index contributed by atoms with van der Waals surface area (Å²) in [6, 6.07) is 4.48. The van der Waals surface area contributed by atoms with Crippen molar-refractivity contribution in [2.75, 3.05) is 40.3 Å². The molecular formula is C15H24ClN3O4S. The number of rotatable bonds is 7. The highest BCUT2D eigenvalue weighted by molar-refractivity contribution is 7.89. The van der Waals surface area contributed by atoms with Crippen LogP contribution in [0.25, 0.3) is 0 Å². The van der Waals surface area contributed by atoms with E-state index < -0.39 is 10.0 Å². The number of amides is 1. The SMILES string of the molecule is CNCCNC(=O)c1ccc(OC)c(S(=O)(=O)N2CCCC2)c1.Cl. The lowest BCUT2D eigenvalue weighted by Crippen LogP contribution is -2.31. The first-order chi connectivity index (χ1) is 11.0. The minimum atomic E-state index is -3.65. The van der Waals surface area contributed by atoms with Crippen molar-refractivity contribution in [3.63, 3.8) is 0 Å². The Kier molecular flexibility index (Phi) is 7.95. The molecule has 0 bridgehead atoms. The number of nitrogens with one attached hydrogen (secondary N) is 2. The zero-order chi connectivity index (χ0) is 16.9. The third-order valence-corrected chi connectivity index (χ3v) is 5.69. The fourth-order valence-electron chi connectivity index (χ4n) is 2.49. The molecule has 1 aliphatic heterocycles. The Morgan fingerprint density at radius 3 is 2.50 bits per heavy atom. The molecule has 9 heteroatoms. The van der Waals surface area contributed by atoms with Gasteiger partial charge in [0.05, 0.1) is 7.11 Å². The Hall–Kier alpha value is -1.35. The van der Waals surface area contributed by atoms with Crippen LogP contribution in [0.1, 0.15) is 23.2 Å². The van der Waals surface area contributed by atoms with Crippen LogP contribution in [0.5, 0.6) is 5.75 Å². The van der Waals surface area contributed by atoms with Crippen LogP contribution in [-0.4, -0.2) is 59.0 Å². The number of carbonyl (C=O) groups excluding carboxylic acids is 1. The zero-order valence-corrected chi connectivity index (χ0v) is 15.5. The van der Waals surface area contributed by atoms with Gasteiger partial charge in [0.2, 0.25) is 10.0 Å². The zero-order valence-electron chi connectivity index (χ0n) is 13.9. The molecule has 1 aromatic rings. The molecule has 0 aromatic heterocycles. The first kappa shape index (κ1) is 20.7. The number of halogens is 1. The molecule has 1 amide bonds. The summed E-state index contributed by atoms with van der Waals surface area (Å²) in [6.07, 6.45) is 1.71. The predicted octanol–water partition coefficient (Wildman–Crippen LogP) is 0.851. The van der Waals surface area contributed by atoms with Crippen LogP contribution in [0.3, 0.4) is 0 Å². The highest BCUT2D eigenvalue weighted by Gasteiger charge is 2.30. The third kappa shape index (κ3) is 4.60. The van der Waals surface area contributed by atoms with Crippen LogP contribution in [0.2, 0.25) is 0 Å². The number of sulfonamides is 1. The molecule has 2 rings (SSSR count). The van der Waals surface area contributed by atoms with E-state index >= 15 is 0 Å². The topological polar surface area (TPSA) is 87.7 Å². The molecule has 0 atom stereocenters. The predicted molar refractivity (Wildman–Crippen MR) is 94.5 cm³/mol. The maximum atomic E-state index is 12.8. The van der Waals surface area contributed by atoms with Gasteiger partial charge >= 0.3 is 0 Å². The number of likely N-dealkylation sites (N-methyl/N-ethyl adjacent to an activating group) is 1. The van der Waals surface area contributed by atoms with E-state index in [-0.39, 0.29) is 29.0 Å². The van der Waals surface area contributed by atoms with Crippen molar-refractivity contribution in [3.05, 3.63) is 23.8 Å². The van der Waals surface area contributed by atoms with Gasteiger partial charge in [-0.3, -0.25) is 4.79 Å². The van der Waals surface area contributed by atoms with Crippen molar-refractivity contribution in [3.8, 4) is 5.75 Å². The maximum Gasteiger partial charge on any atom is 0.251 e. The quantitative estimate of drug-likeness (QED) is 0.688. The molecule has 0 unspecified atom stereocenters. The van der Waals surface area contributed by atoms with E-state index in [1.165, 1.54) is 23.5 Å². The van der Waals surface area contributed by atoms with Gasteiger partial charge in [0.15, 0.2) is 0 Å². The van der Waals surface area contributed by atoms with Crippen molar-refractivity contribution < 1.29 is 17.9 Å². The Morgan fingerprint density at radius 1 is 1.25 bits per heavy atom. The van der Waals surface area contributed by atoms with E-state index in [0.29, 0.717) is 31.7 Å². The molecule has 136 valence electrons. The molecule has 1 saturated heterocycles. The molecule has 0 aliphatic carbocycles. The molecule has 7 nitrogen and oxygen atoms in total. The van der Waals surface area contributed by atoms with Crippen molar-refractivity contribution >= 4 is 28.3 Å². The van der Waals surface area contributed by atoms with Crippen molar-refractivity contribution in [2.45, 2.75) is 17.7 Å². The standard InChI is InChI=1S/C15H23N3O4S.ClH/c1-16-7-8-17-15(19)12-5-6-13(22-2)14(11-12)23(20,21)18-9-3-4-10-18;/h5-6,11,16H,3-4,7-10H2,1-2H3,(H,17,19);1H. The highest BCUT2D eigenvalue weighted by Crippen LogP contribution is 2.29. The smallest absolute Gasteiger partial charge is 0.251 e. The van der Waals surface area contributed by atoms with Gasteiger partial charge in [-0.25, -0.2) is 8.42 Å². The van der Waals surface area contributed by atoms with Crippen molar-refractivity contribution in [1.29, 1.82) is 0 Å². The molecule has 1 fully saturated rings. The highest BCUT2D eigenvalue weighted by atomic mass is 35.5. The second-order valence-corrected chi connectivity index (χ2v) is 7.24. The summed E-state index contributed by atoms with van der Waals surface area (Å²) in [5.74, 6) is -0.0514. The number of nitrogens with zero attached hydrogens (tertiary/aromatic N) is 1. The summed E-state index contributed by atoms with van der Waals surface area (Å²) in [5.41, 5.74) is 0.305. The number of hydrogen-bond donors (Lipinski definition) is 2. The summed E-state index contributed by atoms with van der Waals surface area (Å²) >= 11 is 0. The first-order valence-corrected chi connectivity index (χ1v) is 9.05. The molecule has 0 saturated carbocycles. The number of methoxy groups -OCH3 is 1. The number of ether oxygens (including phenoxy) is 1. The van der Waals surface area contributed by atoms with Crippen molar-refractivity contribution in [2.24, 2.45) is 0 Å². The molecule has 2 N–H and O–H groups in total. The molecule has 24 heavy (non-hydrogen) atoms. The van der Waals surface area contributed by atoms with E-state index in [1.54, 1.807) is 13.1 Å². The van der Waals surface area contributed by atoms with Gasteiger partial charge in [-0.05, 0) is 38.1 Å². The average Bonchev–Trinajstić information content (AvgIpc) is 3.09. The molecular weight excluding hydrogens is 354 g/mol. The van der Waals surface area contributed by atoms with E-state index in [0.717, 1.165) is 12.8 Å². The van der Waals surface area contributed by atoms with Gasteiger partial charge in [0.25, 0.3) is 5.91 Å². The molecule has 0 radical (unpaired) electrons. The van der Waals surface area contributed by atoms with E-state index in [9.17, 15) is 13.2 Å². The molecule has 1 aliphatic rings. The number of carbonyl (C=O) groups is 1. The van der Waals surface area contributed by atoms with E-state index in [2.05, 4.69) is 10.6 Å². The first-order valence-electron chi connectivity index (χ1n) is 7.61. The Labute approximate surface area is 149 Å². The monoisotopic (exact) mass is 377 g/mol. The molecule has 0 spiro atoms. The lowest BCUT2D eigenvalue weighted by Gasteiger charge is -2.18. The van der Waals surface area contributed by atoms with Gasteiger partial charge in [0, 0.05) is 31.7 Å². The number of benzene rings is 1. The third-order valence-electron chi connectivity index (χ3n) is 3.77. The van der Waals surface area contributed by atoms with Crippen LogP contribution in [0.15, 0.2) is 23.1 Å². The van der Waals surface area contributed by atoms with Crippen LogP contribution < -0.4 is 15.4 Å². The fourth-order valence-corrected chi connectivity index (χ4v) is 4.19. The van der Waals surface area contributed by atoms with E-state index in [4.69, 9.17) is 4.74 Å². The minimum Gasteiger partial charge on any atom is -0.495 e. The van der Waals surface area contributed by atoms with Gasteiger partial charge in [0.1, 0.15) is 10.6 Å². The lowest BCUT2D eigenvalue weighted by molar-refractivity contribution is 0.0954. The Balaban J connectivity index is 0.00000288. The fraction of sp³-hybridized carbons (Fsp3) is 0.533. The minimum absolute atomic E-state index is 0. The van der Waals surface area contributed by atoms with Gasteiger partial charge in [-0.1, -0.05) is 0 Å². The molecule has 1 aromatic carbocycles. The van der Waals surface area contributed by atoms with Crippen molar-refractivity contribution in [1.82, 2.24) is 14.9 Å². The Morgan fingerprint density at radius 2 is 1.92 bits per heavy atom. The summed E-state index contributed by atoms with van der Waals surface area (Å²) in [7, 11) is -0.433. The van der Waals surface area contributed by atoms with Gasteiger partial charge < -0.3 is 15.4 Å². The molecule has 1 heterocycles. The average molecular weight is 378 g/mol. The van der Waals surface area contributed by atoms with Gasteiger partial charge in [-0.15, -0.1) is 12.4 Å². The number of hydrogen-bond acceptors (Lipinski definition) is 5.